The number of rotatable bonds is 12. The van der Waals surface area contributed by atoms with Gasteiger partial charge in [0.2, 0.25) is 11.8 Å². The van der Waals surface area contributed by atoms with Gasteiger partial charge in [-0.2, -0.15) is 0 Å². The molecule has 0 fully saturated rings. The van der Waals surface area contributed by atoms with E-state index in [1.54, 1.807) is 47.4 Å². The Morgan fingerprint density at radius 3 is 2.17 bits per heavy atom. The monoisotopic (exact) mass is 593 g/mol. The van der Waals surface area contributed by atoms with E-state index in [4.69, 9.17) is 23.2 Å². The highest BCUT2D eigenvalue weighted by molar-refractivity contribution is 6.35. The van der Waals surface area contributed by atoms with Crippen LogP contribution in [0.5, 0.6) is 0 Å². The molecule has 1 heterocycles. The van der Waals surface area contributed by atoms with Crippen LogP contribution < -0.4 is 5.32 Å². The molecule has 0 spiro atoms. The molecule has 1 aliphatic rings. The fourth-order valence-electron chi connectivity index (χ4n) is 4.80. The van der Waals surface area contributed by atoms with E-state index in [0.717, 1.165) is 12.0 Å². The molecule has 2 atom stereocenters. The van der Waals surface area contributed by atoms with E-state index in [2.05, 4.69) is 5.32 Å². The molecule has 3 aromatic rings. The lowest BCUT2D eigenvalue weighted by atomic mass is 10.0. The normalized spacial score (nSPS) is 14.0. The van der Waals surface area contributed by atoms with Crippen LogP contribution in [-0.4, -0.2) is 52.1 Å². The minimum absolute atomic E-state index is 0.0283. The smallest absolute Gasteiger partial charge is 0.261 e. The highest BCUT2D eigenvalue weighted by Crippen LogP contribution is 2.26. The van der Waals surface area contributed by atoms with Gasteiger partial charge in [0, 0.05) is 42.0 Å². The fraction of sp³-hybridized carbons (Fsp3) is 0.312. The van der Waals surface area contributed by atoms with Crippen LogP contribution in [-0.2, 0) is 22.6 Å². The predicted octanol–water partition coefficient (Wildman–Crippen LogP) is 5.92. The third kappa shape index (κ3) is 7.34. The van der Waals surface area contributed by atoms with E-state index in [-0.39, 0.29) is 55.6 Å². The Balaban J connectivity index is 1.57. The van der Waals surface area contributed by atoms with Gasteiger partial charge in [-0.1, -0.05) is 78.7 Å². The quantitative estimate of drug-likeness (QED) is 0.264. The zero-order valence-electron chi connectivity index (χ0n) is 23.1. The lowest BCUT2D eigenvalue weighted by Crippen LogP contribution is -2.52. The van der Waals surface area contributed by atoms with Crippen molar-refractivity contribution in [3.63, 3.8) is 0 Å². The second-order valence-electron chi connectivity index (χ2n) is 10.2. The number of imide groups is 1. The summed E-state index contributed by atoms with van der Waals surface area (Å²) in [6.07, 6.45) is 1.32. The van der Waals surface area contributed by atoms with E-state index in [9.17, 15) is 19.2 Å². The molecular formula is C32H33Cl2N3O4. The summed E-state index contributed by atoms with van der Waals surface area (Å²) in [6, 6.07) is 20.4. The molecule has 4 rings (SSSR count). The van der Waals surface area contributed by atoms with Crippen molar-refractivity contribution in [1.29, 1.82) is 0 Å². The molecule has 0 aliphatic carbocycles. The van der Waals surface area contributed by atoms with Gasteiger partial charge in [0.05, 0.1) is 11.1 Å². The number of halogens is 2. The van der Waals surface area contributed by atoms with Crippen LogP contribution in [0.3, 0.4) is 0 Å². The van der Waals surface area contributed by atoms with Crippen molar-refractivity contribution >= 4 is 46.8 Å². The van der Waals surface area contributed by atoms with Gasteiger partial charge in [-0.3, -0.25) is 24.1 Å². The molecule has 9 heteroatoms. The van der Waals surface area contributed by atoms with Crippen LogP contribution in [0.1, 0.15) is 65.0 Å². The van der Waals surface area contributed by atoms with E-state index in [1.165, 1.54) is 4.90 Å². The molecule has 0 unspecified atom stereocenters. The van der Waals surface area contributed by atoms with Gasteiger partial charge in [0.15, 0.2) is 0 Å². The zero-order chi connectivity index (χ0) is 29.5. The maximum Gasteiger partial charge on any atom is 0.261 e. The molecule has 7 nitrogen and oxygen atoms in total. The molecule has 1 N–H and O–H groups in total. The zero-order valence-corrected chi connectivity index (χ0v) is 24.6. The van der Waals surface area contributed by atoms with Crippen molar-refractivity contribution in [2.45, 2.75) is 58.2 Å². The summed E-state index contributed by atoms with van der Waals surface area (Å²) in [4.78, 5) is 55.8. The average Bonchev–Trinajstić information content (AvgIpc) is 3.21. The summed E-state index contributed by atoms with van der Waals surface area (Å²) in [7, 11) is 0. The summed E-state index contributed by atoms with van der Waals surface area (Å²) in [5.74, 6) is -1.27. The third-order valence-electron chi connectivity index (χ3n) is 7.28. The molecule has 4 amide bonds. The summed E-state index contributed by atoms with van der Waals surface area (Å²) in [5, 5.41) is 3.89. The minimum Gasteiger partial charge on any atom is -0.352 e. The second kappa shape index (κ2) is 13.8. The van der Waals surface area contributed by atoms with Crippen LogP contribution in [0.25, 0.3) is 0 Å². The van der Waals surface area contributed by atoms with Gasteiger partial charge in [0.1, 0.15) is 6.04 Å². The van der Waals surface area contributed by atoms with Gasteiger partial charge in [-0.15, -0.1) is 0 Å². The number of hydrogen-bond donors (Lipinski definition) is 1. The van der Waals surface area contributed by atoms with Crippen molar-refractivity contribution in [2.24, 2.45) is 0 Å². The van der Waals surface area contributed by atoms with Crippen LogP contribution in [0.4, 0.5) is 0 Å². The highest BCUT2D eigenvalue weighted by Gasteiger charge is 2.35. The number of amides is 4. The molecule has 0 saturated carbocycles. The van der Waals surface area contributed by atoms with Gasteiger partial charge in [0.25, 0.3) is 11.8 Å². The largest absolute Gasteiger partial charge is 0.352 e. The van der Waals surface area contributed by atoms with Crippen LogP contribution >= 0.6 is 23.2 Å². The predicted molar refractivity (Wildman–Crippen MR) is 160 cm³/mol. The van der Waals surface area contributed by atoms with Gasteiger partial charge in [-0.05, 0) is 55.2 Å². The molecule has 0 radical (unpaired) electrons. The number of nitrogens with one attached hydrogen (secondary N) is 1. The highest BCUT2D eigenvalue weighted by atomic mass is 35.5. The number of nitrogens with zero attached hydrogens (tertiary/aromatic N) is 2. The Labute approximate surface area is 250 Å². The minimum atomic E-state index is -0.815. The standard InChI is InChI=1S/C32H33Cl2N3O4/c1-3-21(2)35-30(39)28(18-22-10-5-4-6-11-22)37(20-23-15-16-24(33)19-27(23)34)29(38)14-9-17-36-31(40)25-12-7-8-13-26(25)32(36)41/h4-8,10-13,15-16,19,21,28H,3,9,14,17-18,20H2,1-2H3,(H,35,39)/t21-,28-/m1/s1. The molecule has 1 aliphatic heterocycles. The van der Waals surface area contributed by atoms with E-state index >= 15 is 0 Å². The lowest BCUT2D eigenvalue weighted by Gasteiger charge is -2.33. The van der Waals surface area contributed by atoms with Crippen LogP contribution in [0.2, 0.25) is 10.0 Å². The molecule has 3 aromatic carbocycles. The van der Waals surface area contributed by atoms with Crippen molar-refractivity contribution in [3.8, 4) is 0 Å². The first-order valence-corrected chi connectivity index (χ1v) is 14.5. The Bertz CT molecular complexity index is 1390. The SMILES string of the molecule is CC[C@@H](C)NC(=O)[C@@H](Cc1ccccc1)N(Cc1ccc(Cl)cc1Cl)C(=O)CCCN1C(=O)c2ccccc2C1=O. The number of carbonyl (C=O) groups is 4. The number of benzene rings is 3. The van der Waals surface area contributed by atoms with Crippen LogP contribution in [0.15, 0.2) is 72.8 Å². The maximum atomic E-state index is 13.9. The summed E-state index contributed by atoms with van der Waals surface area (Å²) >= 11 is 12.6. The molecular weight excluding hydrogens is 561 g/mol. The Hall–Kier alpha value is -3.68. The second-order valence-corrected chi connectivity index (χ2v) is 11.0. The third-order valence-corrected chi connectivity index (χ3v) is 7.87. The van der Waals surface area contributed by atoms with Crippen molar-refractivity contribution in [2.75, 3.05) is 6.54 Å². The van der Waals surface area contributed by atoms with Gasteiger partial charge in [-0.25, -0.2) is 0 Å². The number of fused-ring (bicyclic) bond motifs is 1. The summed E-state index contributed by atoms with van der Waals surface area (Å²) in [5.41, 5.74) is 2.29. The van der Waals surface area contributed by atoms with Gasteiger partial charge >= 0.3 is 0 Å². The lowest BCUT2D eigenvalue weighted by molar-refractivity contribution is -0.141. The first-order chi connectivity index (χ1) is 19.7. The Morgan fingerprint density at radius 2 is 1.56 bits per heavy atom. The van der Waals surface area contributed by atoms with Crippen LogP contribution in [0, 0.1) is 0 Å². The Morgan fingerprint density at radius 1 is 0.927 bits per heavy atom. The number of hydrogen-bond acceptors (Lipinski definition) is 4. The summed E-state index contributed by atoms with van der Waals surface area (Å²) in [6.45, 7) is 4.08. The van der Waals surface area contributed by atoms with E-state index < -0.39 is 6.04 Å². The van der Waals surface area contributed by atoms with E-state index in [0.29, 0.717) is 33.2 Å². The maximum absolute atomic E-state index is 13.9. The van der Waals surface area contributed by atoms with Crippen molar-refractivity contribution < 1.29 is 19.2 Å². The van der Waals surface area contributed by atoms with Crippen molar-refractivity contribution in [3.05, 3.63) is 105 Å². The first-order valence-electron chi connectivity index (χ1n) is 13.7. The molecule has 0 aromatic heterocycles. The van der Waals surface area contributed by atoms with Gasteiger partial charge < -0.3 is 10.2 Å². The fourth-order valence-corrected chi connectivity index (χ4v) is 5.27. The Kier molecular flexibility index (Phi) is 10.2. The molecule has 0 bridgehead atoms. The topological polar surface area (TPSA) is 86.8 Å². The molecule has 214 valence electrons. The average molecular weight is 595 g/mol. The van der Waals surface area contributed by atoms with E-state index in [1.807, 2.05) is 44.2 Å². The molecule has 41 heavy (non-hydrogen) atoms. The first kappa shape index (κ1) is 30.3. The summed E-state index contributed by atoms with van der Waals surface area (Å²) < 4.78 is 0. The molecule has 0 saturated heterocycles. The van der Waals surface area contributed by atoms with Crippen molar-refractivity contribution in [1.82, 2.24) is 15.1 Å². The number of carbonyl (C=O) groups excluding carboxylic acids is 4.